The lowest BCUT2D eigenvalue weighted by Gasteiger charge is -2.06. The van der Waals surface area contributed by atoms with Crippen molar-refractivity contribution < 1.29 is 9.18 Å². The van der Waals surface area contributed by atoms with Crippen molar-refractivity contribution in [2.45, 2.75) is 6.92 Å². The minimum Gasteiger partial charge on any atom is -0.307 e. The molecule has 0 unspecified atom stereocenters. The van der Waals surface area contributed by atoms with Crippen LogP contribution < -0.4 is 5.32 Å². The third kappa shape index (κ3) is 2.66. The molecular weight excluding hydrogens is 219 g/mol. The SMILES string of the molecule is Cc1ccc(F)cc1C(=O)Nc1ccccn1. The molecule has 0 saturated carbocycles. The van der Waals surface area contributed by atoms with Crippen molar-refractivity contribution >= 4 is 11.7 Å². The Morgan fingerprint density at radius 3 is 2.82 bits per heavy atom. The first-order valence-electron chi connectivity index (χ1n) is 5.15. The largest absolute Gasteiger partial charge is 0.307 e. The number of nitrogens with zero attached hydrogens (tertiary/aromatic N) is 1. The first-order valence-corrected chi connectivity index (χ1v) is 5.15. The number of aromatic nitrogens is 1. The number of carbonyl (C=O) groups is 1. The number of halogens is 1. The van der Waals surface area contributed by atoms with Gasteiger partial charge in [0.15, 0.2) is 0 Å². The number of benzene rings is 1. The van der Waals surface area contributed by atoms with Gasteiger partial charge in [-0.2, -0.15) is 0 Å². The number of aryl methyl sites for hydroxylation is 1. The normalized spacial score (nSPS) is 10.0. The Morgan fingerprint density at radius 2 is 2.12 bits per heavy atom. The maximum absolute atomic E-state index is 13.1. The number of rotatable bonds is 2. The molecule has 1 amide bonds. The minimum atomic E-state index is -0.429. The fraction of sp³-hybridized carbons (Fsp3) is 0.0769. The van der Waals surface area contributed by atoms with Crippen molar-refractivity contribution in [1.29, 1.82) is 0 Å². The number of nitrogens with one attached hydrogen (secondary N) is 1. The third-order valence-corrected chi connectivity index (χ3v) is 2.35. The quantitative estimate of drug-likeness (QED) is 0.861. The molecule has 0 bridgehead atoms. The number of anilines is 1. The molecule has 4 heteroatoms. The Morgan fingerprint density at radius 1 is 1.29 bits per heavy atom. The average Bonchev–Trinajstić information content (AvgIpc) is 2.33. The third-order valence-electron chi connectivity index (χ3n) is 2.35. The highest BCUT2D eigenvalue weighted by atomic mass is 19.1. The molecule has 1 heterocycles. The Labute approximate surface area is 98.3 Å². The number of carbonyl (C=O) groups excluding carboxylic acids is 1. The zero-order valence-electron chi connectivity index (χ0n) is 9.27. The van der Waals surface area contributed by atoms with Crippen LogP contribution in [0.15, 0.2) is 42.6 Å². The molecule has 1 aromatic carbocycles. The highest BCUT2D eigenvalue weighted by Crippen LogP contribution is 2.12. The predicted octanol–water partition coefficient (Wildman–Crippen LogP) is 2.78. The number of pyridine rings is 1. The maximum Gasteiger partial charge on any atom is 0.257 e. The van der Waals surface area contributed by atoms with Crippen LogP contribution in [-0.4, -0.2) is 10.9 Å². The van der Waals surface area contributed by atoms with Crippen LogP contribution >= 0.6 is 0 Å². The van der Waals surface area contributed by atoms with Crippen LogP contribution in [0.4, 0.5) is 10.2 Å². The molecule has 17 heavy (non-hydrogen) atoms. The molecule has 3 nitrogen and oxygen atoms in total. The highest BCUT2D eigenvalue weighted by Gasteiger charge is 2.10. The van der Waals surface area contributed by atoms with Crippen LogP contribution in [0.25, 0.3) is 0 Å². The van der Waals surface area contributed by atoms with Gasteiger partial charge in [-0.15, -0.1) is 0 Å². The molecule has 0 radical (unpaired) electrons. The van der Waals surface area contributed by atoms with E-state index in [1.54, 1.807) is 37.4 Å². The van der Waals surface area contributed by atoms with Crippen LogP contribution in [0.2, 0.25) is 0 Å². The van der Waals surface area contributed by atoms with Gasteiger partial charge in [-0.1, -0.05) is 12.1 Å². The minimum absolute atomic E-state index is 0.315. The van der Waals surface area contributed by atoms with E-state index in [1.165, 1.54) is 12.1 Å². The Balaban J connectivity index is 2.23. The Bertz CT molecular complexity index is 540. The number of hydrogen-bond donors (Lipinski definition) is 1. The van der Waals surface area contributed by atoms with E-state index in [9.17, 15) is 9.18 Å². The summed E-state index contributed by atoms with van der Waals surface area (Å²) in [6.07, 6.45) is 1.58. The lowest BCUT2D eigenvalue weighted by atomic mass is 10.1. The van der Waals surface area contributed by atoms with Crippen molar-refractivity contribution in [3.63, 3.8) is 0 Å². The summed E-state index contributed by atoms with van der Waals surface area (Å²) in [6.45, 7) is 1.76. The highest BCUT2D eigenvalue weighted by molar-refractivity contribution is 6.04. The van der Waals surface area contributed by atoms with Gasteiger partial charge in [0.1, 0.15) is 11.6 Å². The molecule has 0 aliphatic heterocycles. The second-order valence-electron chi connectivity index (χ2n) is 3.63. The summed E-state index contributed by atoms with van der Waals surface area (Å²) in [7, 11) is 0. The van der Waals surface area contributed by atoms with E-state index in [1.807, 2.05) is 0 Å². The van der Waals surface area contributed by atoms with Gasteiger partial charge >= 0.3 is 0 Å². The Hall–Kier alpha value is -2.23. The topological polar surface area (TPSA) is 42.0 Å². The molecule has 2 rings (SSSR count). The smallest absolute Gasteiger partial charge is 0.257 e. The first-order chi connectivity index (χ1) is 8.16. The van der Waals surface area contributed by atoms with Crippen LogP contribution in [0, 0.1) is 12.7 Å². The lowest BCUT2D eigenvalue weighted by Crippen LogP contribution is -2.14. The van der Waals surface area contributed by atoms with Crippen LogP contribution in [0.3, 0.4) is 0 Å². The van der Waals surface area contributed by atoms with E-state index >= 15 is 0 Å². The van der Waals surface area contributed by atoms with E-state index < -0.39 is 5.82 Å². The monoisotopic (exact) mass is 230 g/mol. The summed E-state index contributed by atoms with van der Waals surface area (Å²) in [5, 5.41) is 2.61. The van der Waals surface area contributed by atoms with E-state index in [0.29, 0.717) is 11.4 Å². The number of amides is 1. The molecule has 1 aromatic heterocycles. The van der Waals surface area contributed by atoms with Crippen LogP contribution in [0.1, 0.15) is 15.9 Å². The van der Waals surface area contributed by atoms with Crippen molar-refractivity contribution in [2.24, 2.45) is 0 Å². The summed E-state index contributed by atoms with van der Waals surface area (Å²) in [6, 6.07) is 9.31. The molecular formula is C13H11FN2O. The molecule has 0 atom stereocenters. The zero-order valence-corrected chi connectivity index (χ0v) is 9.27. The van der Waals surface area contributed by atoms with E-state index in [-0.39, 0.29) is 5.91 Å². The van der Waals surface area contributed by atoms with Gasteiger partial charge < -0.3 is 5.32 Å². The van der Waals surface area contributed by atoms with E-state index in [0.717, 1.165) is 5.56 Å². The number of hydrogen-bond acceptors (Lipinski definition) is 2. The molecule has 86 valence electrons. The molecule has 1 N–H and O–H groups in total. The maximum atomic E-state index is 13.1. The van der Waals surface area contributed by atoms with Crippen molar-refractivity contribution in [3.05, 3.63) is 59.5 Å². The second kappa shape index (κ2) is 4.74. The Kier molecular flexibility index (Phi) is 3.14. The molecule has 0 aliphatic carbocycles. The molecule has 0 saturated heterocycles. The fourth-order valence-corrected chi connectivity index (χ4v) is 1.46. The summed E-state index contributed by atoms with van der Waals surface area (Å²) in [5.41, 5.74) is 1.04. The molecule has 0 fully saturated rings. The lowest BCUT2D eigenvalue weighted by molar-refractivity contribution is 0.102. The van der Waals surface area contributed by atoms with Gasteiger partial charge in [-0.25, -0.2) is 9.37 Å². The van der Waals surface area contributed by atoms with Gasteiger partial charge in [0.05, 0.1) is 0 Å². The van der Waals surface area contributed by atoms with Gasteiger partial charge in [0.25, 0.3) is 5.91 Å². The van der Waals surface area contributed by atoms with Crippen LogP contribution in [0.5, 0.6) is 0 Å². The standard InChI is InChI=1S/C13H11FN2O/c1-9-5-6-10(14)8-11(9)13(17)16-12-4-2-3-7-15-12/h2-8H,1H3,(H,15,16,17). The van der Waals surface area contributed by atoms with Crippen molar-refractivity contribution in [1.82, 2.24) is 4.98 Å². The van der Waals surface area contributed by atoms with E-state index in [4.69, 9.17) is 0 Å². The molecule has 0 aliphatic rings. The van der Waals surface area contributed by atoms with Crippen molar-refractivity contribution in [3.8, 4) is 0 Å². The first kappa shape index (κ1) is 11.3. The van der Waals surface area contributed by atoms with Crippen LogP contribution in [-0.2, 0) is 0 Å². The predicted molar refractivity (Wildman–Crippen MR) is 63.3 cm³/mol. The fourth-order valence-electron chi connectivity index (χ4n) is 1.46. The summed E-state index contributed by atoms with van der Waals surface area (Å²) in [5.74, 6) is -0.344. The van der Waals surface area contributed by atoms with Gasteiger partial charge in [-0.05, 0) is 36.8 Å². The summed E-state index contributed by atoms with van der Waals surface area (Å²) >= 11 is 0. The zero-order chi connectivity index (χ0) is 12.3. The summed E-state index contributed by atoms with van der Waals surface area (Å²) in [4.78, 5) is 15.8. The van der Waals surface area contributed by atoms with Gasteiger partial charge in [0, 0.05) is 11.8 Å². The van der Waals surface area contributed by atoms with Crippen molar-refractivity contribution in [2.75, 3.05) is 5.32 Å². The van der Waals surface area contributed by atoms with Gasteiger partial charge in [-0.3, -0.25) is 4.79 Å². The second-order valence-corrected chi connectivity index (χ2v) is 3.63. The van der Waals surface area contributed by atoms with E-state index in [2.05, 4.69) is 10.3 Å². The van der Waals surface area contributed by atoms with Gasteiger partial charge in [0.2, 0.25) is 0 Å². The molecule has 0 spiro atoms. The summed E-state index contributed by atoms with van der Waals surface area (Å²) < 4.78 is 13.1. The molecule has 2 aromatic rings. The average molecular weight is 230 g/mol.